The van der Waals surface area contributed by atoms with Crippen LogP contribution in [0.25, 0.3) is 0 Å². The number of benzene rings is 1. The van der Waals surface area contributed by atoms with Crippen molar-refractivity contribution in [2.45, 2.75) is 19.4 Å². The topological polar surface area (TPSA) is 26.2 Å². The maximum atomic E-state index is 5.40. The number of ether oxygens (including phenoxy) is 1. The van der Waals surface area contributed by atoms with Crippen LogP contribution >= 0.6 is 0 Å². The van der Waals surface area contributed by atoms with Crippen LogP contribution in [0.1, 0.15) is 24.9 Å². The van der Waals surface area contributed by atoms with Crippen molar-refractivity contribution in [1.29, 1.82) is 0 Å². The molecule has 1 unspecified atom stereocenters. The summed E-state index contributed by atoms with van der Waals surface area (Å²) in [7, 11) is 1.71. The van der Waals surface area contributed by atoms with E-state index in [2.05, 4.69) is 18.4 Å². The molecule has 90 valence electrons. The average Bonchev–Trinajstić information content (AvgIpc) is 2.89. The molecule has 0 saturated carbocycles. The van der Waals surface area contributed by atoms with Crippen LogP contribution in [0.15, 0.2) is 48.8 Å². The van der Waals surface area contributed by atoms with Crippen LogP contribution < -0.4 is 10.2 Å². The van der Waals surface area contributed by atoms with Crippen molar-refractivity contribution < 1.29 is 4.74 Å². The Balaban J connectivity index is 2.22. The molecule has 0 fully saturated rings. The highest BCUT2D eigenvalue weighted by molar-refractivity contribution is 5.37. The number of methoxy groups -OCH3 is 1. The molecule has 3 nitrogen and oxygen atoms in total. The quantitative estimate of drug-likeness (QED) is 0.853. The molecule has 0 spiro atoms. The van der Waals surface area contributed by atoms with E-state index in [1.807, 2.05) is 47.4 Å². The van der Waals surface area contributed by atoms with Crippen molar-refractivity contribution in [2.75, 3.05) is 12.5 Å². The molecule has 1 aromatic heterocycles. The van der Waals surface area contributed by atoms with E-state index in [1.54, 1.807) is 7.11 Å². The van der Waals surface area contributed by atoms with Gasteiger partial charge in [-0.3, -0.25) is 4.68 Å². The molecule has 0 aliphatic heterocycles. The summed E-state index contributed by atoms with van der Waals surface area (Å²) >= 11 is 0. The zero-order chi connectivity index (χ0) is 12.1. The van der Waals surface area contributed by atoms with Gasteiger partial charge in [-0.05, 0) is 24.6 Å². The first-order chi connectivity index (χ1) is 8.35. The SMILES string of the molecule is CCC(Nn1cccc1)c1ccccc1OC. The van der Waals surface area contributed by atoms with E-state index < -0.39 is 0 Å². The van der Waals surface area contributed by atoms with Crippen LogP contribution in [-0.2, 0) is 0 Å². The fourth-order valence-corrected chi connectivity index (χ4v) is 1.94. The molecule has 1 N–H and O–H groups in total. The molecule has 1 atom stereocenters. The highest BCUT2D eigenvalue weighted by atomic mass is 16.5. The predicted molar refractivity (Wildman–Crippen MR) is 69.8 cm³/mol. The monoisotopic (exact) mass is 230 g/mol. The number of hydrogen-bond donors (Lipinski definition) is 1. The first kappa shape index (κ1) is 11.6. The summed E-state index contributed by atoms with van der Waals surface area (Å²) in [6.07, 6.45) is 4.99. The number of nitrogens with zero attached hydrogens (tertiary/aromatic N) is 1. The van der Waals surface area contributed by atoms with Crippen molar-refractivity contribution in [3.05, 3.63) is 54.4 Å². The summed E-state index contributed by atoms with van der Waals surface area (Å²) < 4.78 is 7.37. The van der Waals surface area contributed by atoms with Gasteiger partial charge in [0, 0.05) is 18.0 Å². The molecule has 1 aromatic carbocycles. The van der Waals surface area contributed by atoms with E-state index in [0.717, 1.165) is 12.2 Å². The van der Waals surface area contributed by atoms with Gasteiger partial charge in [0.25, 0.3) is 0 Å². The fraction of sp³-hybridized carbons (Fsp3) is 0.286. The van der Waals surface area contributed by atoms with Gasteiger partial charge in [-0.2, -0.15) is 0 Å². The Kier molecular flexibility index (Phi) is 3.70. The third-order valence-electron chi connectivity index (χ3n) is 2.83. The average molecular weight is 230 g/mol. The Morgan fingerprint density at radius 1 is 1.18 bits per heavy atom. The van der Waals surface area contributed by atoms with E-state index in [4.69, 9.17) is 4.74 Å². The van der Waals surface area contributed by atoms with E-state index in [9.17, 15) is 0 Å². The largest absolute Gasteiger partial charge is 0.496 e. The van der Waals surface area contributed by atoms with Gasteiger partial charge < -0.3 is 10.2 Å². The highest BCUT2D eigenvalue weighted by Gasteiger charge is 2.13. The van der Waals surface area contributed by atoms with Crippen molar-refractivity contribution in [2.24, 2.45) is 0 Å². The number of nitrogens with one attached hydrogen (secondary N) is 1. The van der Waals surface area contributed by atoms with Crippen LogP contribution in [0.5, 0.6) is 5.75 Å². The fourth-order valence-electron chi connectivity index (χ4n) is 1.94. The number of rotatable bonds is 5. The Morgan fingerprint density at radius 3 is 2.53 bits per heavy atom. The second-order valence-corrected chi connectivity index (χ2v) is 3.92. The van der Waals surface area contributed by atoms with Crippen LogP contribution in [0, 0.1) is 0 Å². The Hall–Kier alpha value is -1.90. The second kappa shape index (κ2) is 5.43. The summed E-state index contributed by atoms with van der Waals surface area (Å²) in [6.45, 7) is 2.16. The minimum atomic E-state index is 0.249. The van der Waals surface area contributed by atoms with E-state index in [0.29, 0.717) is 0 Å². The zero-order valence-electron chi connectivity index (χ0n) is 10.3. The third kappa shape index (κ3) is 2.61. The maximum Gasteiger partial charge on any atom is 0.124 e. The van der Waals surface area contributed by atoms with Crippen molar-refractivity contribution >= 4 is 0 Å². The molecule has 2 rings (SSSR count). The van der Waals surface area contributed by atoms with Gasteiger partial charge in [0.05, 0.1) is 13.2 Å². The van der Waals surface area contributed by atoms with Crippen molar-refractivity contribution in [3.8, 4) is 5.75 Å². The molecular formula is C14H18N2O. The van der Waals surface area contributed by atoms with Crippen molar-refractivity contribution in [3.63, 3.8) is 0 Å². The number of para-hydroxylation sites is 1. The first-order valence-electron chi connectivity index (χ1n) is 5.87. The molecule has 0 bridgehead atoms. The first-order valence-corrected chi connectivity index (χ1v) is 5.87. The molecule has 0 aliphatic carbocycles. The smallest absolute Gasteiger partial charge is 0.124 e. The van der Waals surface area contributed by atoms with E-state index in [-0.39, 0.29) is 6.04 Å². The minimum Gasteiger partial charge on any atom is -0.496 e. The standard InChI is InChI=1S/C14H18N2O/c1-3-13(15-16-10-6-7-11-16)12-8-4-5-9-14(12)17-2/h4-11,13,15H,3H2,1-2H3. The highest BCUT2D eigenvalue weighted by Crippen LogP contribution is 2.27. The second-order valence-electron chi connectivity index (χ2n) is 3.92. The van der Waals surface area contributed by atoms with Gasteiger partial charge in [-0.15, -0.1) is 0 Å². The zero-order valence-corrected chi connectivity index (χ0v) is 10.3. The lowest BCUT2D eigenvalue weighted by atomic mass is 10.0. The van der Waals surface area contributed by atoms with Crippen molar-refractivity contribution in [1.82, 2.24) is 4.68 Å². The lowest BCUT2D eigenvalue weighted by molar-refractivity contribution is 0.405. The van der Waals surface area contributed by atoms with Gasteiger partial charge in [-0.25, -0.2) is 0 Å². The third-order valence-corrected chi connectivity index (χ3v) is 2.83. The van der Waals surface area contributed by atoms with E-state index in [1.165, 1.54) is 5.56 Å². The Bertz CT molecular complexity index is 451. The van der Waals surface area contributed by atoms with Gasteiger partial charge >= 0.3 is 0 Å². The summed E-state index contributed by atoms with van der Waals surface area (Å²) in [5, 5.41) is 0. The lowest BCUT2D eigenvalue weighted by Gasteiger charge is -2.21. The van der Waals surface area contributed by atoms with Gasteiger partial charge in [0.1, 0.15) is 5.75 Å². The summed E-state index contributed by atoms with van der Waals surface area (Å²) in [5.74, 6) is 0.930. The number of hydrogen-bond acceptors (Lipinski definition) is 2. The lowest BCUT2D eigenvalue weighted by Crippen LogP contribution is -2.19. The summed E-state index contributed by atoms with van der Waals surface area (Å²) in [4.78, 5) is 0. The molecular weight excluding hydrogens is 212 g/mol. The molecule has 0 aliphatic rings. The molecule has 0 amide bonds. The van der Waals surface area contributed by atoms with Crippen LogP contribution in [0.4, 0.5) is 0 Å². The maximum absolute atomic E-state index is 5.40. The Labute approximate surface area is 102 Å². The molecule has 2 aromatic rings. The van der Waals surface area contributed by atoms with Gasteiger partial charge in [-0.1, -0.05) is 25.1 Å². The summed E-state index contributed by atoms with van der Waals surface area (Å²) in [6, 6.07) is 12.4. The normalized spacial score (nSPS) is 12.1. The molecule has 1 heterocycles. The van der Waals surface area contributed by atoms with Gasteiger partial charge in [0.15, 0.2) is 0 Å². The predicted octanol–water partition coefficient (Wildman–Crippen LogP) is 3.19. The molecule has 0 saturated heterocycles. The molecule has 17 heavy (non-hydrogen) atoms. The van der Waals surface area contributed by atoms with Crippen LogP contribution in [0.3, 0.4) is 0 Å². The van der Waals surface area contributed by atoms with Crippen LogP contribution in [0.2, 0.25) is 0 Å². The van der Waals surface area contributed by atoms with E-state index >= 15 is 0 Å². The number of aromatic nitrogens is 1. The molecule has 0 radical (unpaired) electrons. The van der Waals surface area contributed by atoms with Crippen LogP contribution in [-0.4, -0.2) is 11.8 Å². The summed E-state index contributed by atoms with van der Waals surface area (Å²) in [5.41, 5.74) is 4.62. The Morgan fingerprint density at radius 2 is 1.88 bits per heavy atom. The molecule has 3 heteroatoms. The van der Waals surface area contributed by atoms with Gasteiger partial charge in [0.2, 0.25) is 0 Å². The minimum absolute atomic E-state index is 0.249.